The number of hydrogen-bond acceptors (Lipinski definition) is 10. The van der Waals surface area contributed by atoms with Crippen molar-refractivity contribution in [2.24, 2.45) is 0 Å². The zero-order chi connectivity index (χ0) is 27.3. The fourth-order valence-corrected chi connectivity index (χ4v) is 4.63. The summed E-state index contributed by atoms with van der Waals surface area (Å²) >= 11 is 6.01. The lowest BCUT2D eigenvalue weighted by Crippen LogP contribution is -2.37. The largest absolute Gasteiger partial charge is 0.497 e. The second-order valence-corrected chi connectivity index (χ2v) is 9.05. The normalized spacial score (nSPS) is 14.4. The number of halogens is 1. The number of nitrogens with zero attached hydrogens (tertiary/aromatic N) is 5. The van der Waals surface area contributed by atoms with Gasteiger partial charge in [-0.05, 0) is 55.0 Å². The summed E-state index contributed by atoms with van der Waals surface area (Å²) in [5, 5.41) is 5.18. The van der Waals surface area contributed by atoms with Crippen molar-refractivity contribution < 1.29 is 33.1 Å². The number of ether oxygens (including phenoxy) is 3. The monoisotopic (exact) mass is 547 g/mol. The van der Waals surface area contributed by atoms with Crippen LogP contribution in [0.4, 0.5) is 0 Å². The maximum atomic E-state index is 13.6. The molecule has 1 aliphatic heterocycles. The van der Waals surface area contributed by atoms with E-state index in [1.165, 1.54) is 23.3 Å². The summed E-state index contributed by atoms with van der Waals surface area (Å²) in [5.41, 5.74) is 2.46. The van der Waals surface area contributed by atoms with Crippen LogP contribution in [0, 0.1) is 6.92 Å². The molecule has 0 saturated carbocycles. The Hall–Kier alpha value is -4.97. The van der Waals surface area contributed by atoms with E-state index in [0.29, 0.717) is 27.5 Å². The fraction of sp³-hybridized carbons (Fsp3) is 0.154. The van der Waals surface area contributed by atoms with Gasteiger partial charge >= 0.3 is 17.8 Å². The maximum Gasteiger partial charge on any atom is 0.422 e. The first-order valence-corrected chi connectivity index (χ1v) is 11.9. The lowest BCUT2D eigenvalue weighted by molar-refractivity contribution is -0.201. The van der Waals surface area contributed by atoms with Gasteiger partial charge in [0.05, 0.1) is 19.0 Å². The summed E-state index contributed by atoms with van der Waals surface area (Å²) in [7, 11) is 1.55. The summed E-state index contributed by atoms with van der Waals surface area (Å²) in [6.45, 7) is 1.81. The molecule has 6 rings (SSSR count). The first-order chi connectivity index (χ1) is 18.8. The van der Waals surface area contributed by atoms with Crippen LogP contribution in [0.1, 0.15) is 33.3 Å². The summed E-state index contributed by atoms with van der Waals surface area (Å²) < 4.78 is 24.2. The Morgan fingerprint density at radius 3 is 2.51 bits per heavy atom. The number of carbonyl (C=O) groups excluding carboxylic acids is 3. The highest BCUT2D eigenvalue weighted by Crippen LogP contribution is 2.35. The molecule has 0 bridgehead atoms. The summed E-state index contributed by atoms with van der Waals surface area (Å²) in [5.74, 6) is -4.26. The molecular weight excluding hydrogens is 530 g/mol. The highest BCUT2D eigenvalue weighted by molar-refractivity contribution is 6.31. The van der Waals surface area contributed by atoms with E-state index < -0.39 is 17.8 Å². The van der Waals surface area contributed by atoms with Gasteiger partial charge < -0.3 is 18.7 Å². The van der Waals surface area contributed by atoms with Crippen LogP contribution in [0.2, 0.25) is 5.02 Å². The standard InChI is InChI=1S/C26H18ClN5O7/c1-14-18(12-21-29-25(30-39-21)26(31-10-9-28-13-31)37-23(34)24(35)38-26)19-11-17(36-2)7-8-20(19)32(14)22(33)15-3-5-16(27)6-4-15/h3-11,13H,12H2,1-2H3. The molecule has 3 aromatic heterocycles. The van der Waals surface area contributed by atoms with E-state index in [1.807, 2.05) is 6.07 Å². The smallest absolute Gasteiger partial charge is 0.422 e. The Morgan fingerprint density at radius 1 is 1.10 bits per heavy atom. The molecule has 1 fully saturated rings. The van der Waals surface area contributed by atoms with Crippen LogP contribution >= 0.6 is 11.6 Å². The Balaban J connectivity index is 1.43. The van der Waals surface area contributed by atoms with Gasteiger partial charge in [0.1, 0.15) is 12.1 Å². The van der Waals surface area contributed by atoms with Crippen LogP contribution in [0.15, 0.2) is 65.7 Å². The van der Waals surface area contributed by atoms with Crippen molar-refractivity contribution in [2.45, 2.75) is 19.3 Å². The fourth-order valence-electron chi connectivity index (χ4n) is 4.50. The van der Waals surface area contributed by atoms with Gasteiger partial charge in [0.25, 0.3) is 11.7 Å². The molecule has 1 saturated heterocycles. The van der Waals surface area contributed by atoms with Crippen LogP contribution in [-0.4, -0.2) is 49.2 Å². The first-order valence-electron chi connectivity index (χ1n) is 11.6. The quantitative estimate of drug-likeness (QED) is 0.230. The highest BCUT2D eigenvalue weighted by Gasteiger charge is 2.56. The van der Waals surface area contributed by atoms with Crippen molar-refractivity contribution in [1.29, 1.82) is 0 Å². The van der Waals surface area contributed by atoms with Gasteiger partial charge in [-0.15, -0.1) is 0 Å². The predicted molar refractivity (Wildman–Crippen MR) is 133 cm³/mol. The molecular formula is C26H18ClN5O7. The highest BCUT2D eigenvalue weighted by atomic mass is 35.5. The van der Waals surface area contributed by atoms with Gasteiger partial charge in [-0.2, -0.15) is 4.98 Å². The first kappa shape index (κ1) is 24.4. The molecule has 4 heterocycles. The molecule has 13 heteroatoms. The van der Waals surface area contributed by atoms with Crippen molar-refractivity contribution in [3.05, 3.63) is 94.7 Å². The number of aromatic nitrogens is 5. The number of esters is 2. The number of imidazole rings is 1. The van der Waals surface area contributed by atoms with Crippen LogP contribution in [-0.2, 0) is 31.4 Å². The number of hydrogen-bond donors (Lipinski definition) is 0. The minimum atomic E-state index is -2.09. The molecule has 5 aromatic rings. The van der Waals surface area contributed by atoms with Gasteiger partial charge in [0.2, 0.25) is 5.89 Å². The third-order valence-corrected chi connectivity index (χ3v) is 6.64. The molecule has 2 aromatic carbocycles. The zero-order valence-electron chi connectivity index (χ0n) is 20.5. The van der Waals surface area contributed by atoms with Gasteiger partial charge in [-0.3, -0.25) is 13.9 Å². The van der Waals surface area contributed by atoms with E-state index in [0.717, 1.165) is 10.9 Å². The molecule has 0 unspecified atom stereocenters. The van der Waals surface area contributed by atoms with Crippen molar-refractivity contribution in [1.82, 2.24) is 24.3 Å². The second-order valence-electron chi connectivity index (χ2n) is 8.61. The van der Waals surface area contributed by atoms with Crippen LogP contribution in [0.3, 0.4) is 0 Å². The summed E-state index contributed by atoms with van der Waals surface area (Å²) in [4.78, 5) is 45.7. The number of cyclic esters (lactones) is 2. The molecule has 1 aliphatic rings. The van der Waals surface area contributed by atoms with Crippen LogP contribution in [0.5, 0.6) is 5.75 Å². The number of carbonyl (C=O) groups is 3. The topological polar surface area (TPSA) is 141 Å². The van der Waals surface area contributed by atoms with Gasteiger partial charge in [-0.25, -0.2) is 14.6 Å². The number of methoxy groups -OCH3 is 1. The SMILES string of the molecule is COc1ccc2c(c1)c(Cc1nc(C3(n4ccnc4)OC(=O)C(=O)O3)no1)c(C)n2C(=O)c1ccc(Cl)cc1. The maximum absolute atomic E-state index is 13.6. The van der Waals surface area contributed by atoms with Crippen LogP contribution < -0.4 is 4.74 Å². The molecule has 39 heavy (non-hydrogen) atoms. The van der Waals surface area contributed by atoms with Crippen LogP contribution in [0.25, 0.3) is 10.9 Å². The third-order valence-electron chi connectivity index (χ3n) is 6.39. The zero-order valence-corrected chi connectivity index (χ0v) is 21.2. The summed E-state index contributed by atoms with van der Waals surface area (Å²) in [6.07, 6.45) is 4.22. The van der Waals surface area contributed by atoms with Crippen molar-refractivity contribution in [3.63, 3.8) is 0 Å². The van der Waals surface area contributed by atoms with E-state index in [9.17, 15) is 14.4 Å². The minimum absolute atomic E-state index is 0.102. The molecule has 0 spiro atoms. The number of fused-ring (bicyclic) bond motifs is 1. The molecule has 0 N–H and O–H groups in total. The molecule has 0 amide bonds. The Labute approximate surface area is 224 Å². The summed E-state index contributed by atoms with van der Waals surface area (Å²) in [6, 6.07) is 12.0. The second kappa shape index (κ2) is 9.10. The van der Waals surface area contributed by atoms with Gasteiger partial charge in [-0.1, -0.05) is 16.8 Å². The van der Waals surface area contributed by atoms with E-state index >= 15 is 0 Å². The lowest BCUT2D eigenvalue weighted by atomic mass is 10.1. The lowest BCUT2D eigenvalue weighted by Gasteiger charge is -2.21. The minimum Gasteiger partial charge on any atom is -0.497 e. The van der Waals surface area contributed by atoms with Crippen molar-refractivity contribution >= 4 is 40.3 Å². The van der Waals surface area contributed by atoms with Crippen molar-refractivity contribution in [3.8, 4) is 5.75 Å². The molecule has 0 aliphatic carbocycles. The average Bonchev–Trinajstić information content (AvgIpc) is 3.73. The Morgan fingerprint density at radius 2 is 1.85 bits per heavy atom. The molecule has 0 radical (unpaired) electrons. The molecule has 0 atom stereocenters. The molecule has 196 valence electrons. The van der Waals surface area contributed by atoms with Crippen molar-refractivity contribution in [2.75, 3.05) is 7.11 Å². The Kier molecular flexibility index (Phi) is 5.69. The van der Waals surface area contributed by atoms with E-state index in [2.05, 4.69) is 15.1 Å². The van der Waals surface area contributed by atoms with Gasteiger partial charge in [0.15, 0.2) is 0 Å². The van der Waals surface area contributed by atoms with E-state index in [-0.39, 0.29) is 24.0 Å². The molecule has 12 nitrogen and oxygen atoms in total. The third kappa shape index (κ3) is 3.92. The predicted octanol–water partition coefficient (Wildman–Crippen LogP) is 3.23. The Bertz CT molecular complexity index is 1740. The number of benzene rings is 2. The number of rotatable bonds is 6. The average molecular weight is 548 g/mol. The van der Waals surface area contributed by atoms with E-state index in [1.54, 1.807) is 55.0 Å². The van der Waals surface area contributed by atoms with E-state index in [4.69, 9.17) is 30.3 Å². The van der Waals surface area contributed by atoms with Gasteiger partial charge in [0, 0.05) is 34.1 Å².